The summed E-state index contributed by atoms with van der Waals surface area (Å²) in [5.41, 5.74) is 5.56. The van der Waals surface area contributed by atoms with Crippen molar-refractivity contribution >= 4 is 21.5 Å². The average molecular weight is 229 g/mol. The first-order valence-electron chi connectivity index (χ1n) is 5.25. The van der Waals surface area contributed by atoms with Gasteiger partial charge in [-0.2, -0.15) is 0 Å². The van der Waals surface area contributed by atoms with Crippen molar-refractivity contribution in [1.29, 1.82) is 0 Å². The van der Waals surface area contributed by atoms with Gasteiger partial charge in [0.1, 0.15) is 5.00 Å². The maximum atomic E-state index is 5.56. The summed E-state index contributed by atoms with van der Waals surface area (Å²) in [5.74, 6) is 0. The molecule has 0 fully saturated rings. The lowest BCUT2D eigenvalue weighted by Gasteiger charge is -2.07. The third-order valence-corrected chi connectivity index (χ3v) is 2.61. The Balaban J connectivity index is 1.98. The molecule has 1 aromatic rings. The lowest BCUT2D eigenvalue weighted by Crippen LogP contribution is -2.06. The van der Waals surface area contributed by atoms with Crippen molar-refractivity contribution in [3.63, 3.8) is 0 Å². The molecule has 0 saturated heterocycles. The Morgan fingerprint density at radius 2 is 2.33 bits per heavy atom. The summed E-state index contributed by atoms with van der Waals surface area (Å²) in [5, 5.41) is 4.88. The second-order valence-electron chi connectivity index (χ2n) is 3.62. The predicted molar refractivity (Wildman–Crippen MR) is 65.3 cm³/mol. The zero-order valence-corrected chi connectivity index (χ0v) is 10.1. The van der Waals surface area contributed by atoms with Gasteiger partial charge in [0.2, 0.25) is 0 Å². The first-order chi connectivity index (χ1) is 7.18. The minimum atomic E-state index is 0.330. The summed E-state index contributed by atoms with van der Waals surface area (Å²) in [7, 11) is 0. The number of rotatable bonds is 7. The number of hydrogen-bond acceptors (Lipinski definition) is 5. The first-order valence-corrected chi connectivity index (χ1v) is 6.07. The molecule has 0 saturated carbocycles. The van der Waals surface area contributed by atoms with Gasteiger partial charge in [0.15, 0.2) is 5.13 Å². The number of hydrogen-bond donors (Lipinski definition) is 2. The van der Waals surface area contributed by atoms with Crippen LogP contribution in [0.5, 0.6) is 0 Å². The van der Waals surface area contributed by atoms with E-state index in [1.807, 2.05) is 0 Å². The van der Waals surface area contributed by atoms with E-state index in [-0.39, 0.29) is 0 Å². The van der Waals surface area contributed by atoms with E-state index >= 15 is 0 Å². The molecular weight excluding hydrogens is 210 g/mol. The number of unbranched alkanes of at least 4 members (excludes halogenated alkanes) is 1. The Bertz CT molecular complexity index is 275. The van der Waals surface area contributed by atoms with Gasteiger partial charge in [-0.3, -0.25) is 0 Å². The molecule has 0 aromatic carbocycles. The van der Waals surface area contributed by atoms with E-state index in [0.717, 1.165) is 36.1 Å². The Morgan fingerprint density at radius 3 is 2.93 bits per heavy atom. The van der Waals surface area contributed by atoms with Crippen LogP contribution in [0.4, 0.5) is 10.1 Å². The van der Waals surface area contributed by atoms with Crippen LogP contribution in [0.15, 0.2) is 6.20 Å². The molecule has 0 spiro atoms. The molecule has 0 aliphatic rings. The van der Waals surface area contributed by atoms with Crippen molar-refractivity contribution in [2.75, 3.05) is 24.2 Å². The number of thiazole rings is 1. The van der Waals surface area contributed by atoms with Crippen LogP contribution in [0.3, 0.4) is 0 Å². The van der Waals surface area contributed by atoms with Crippen LogP contribution in [0, 0.1) is 0 Å². The number of anilines is 2. The highest BCUT2D eigenvalue weighted by atomic mass is 32.1. The monoisotopic (exact) mass is 229 g/mol. The molecule has 1 rings (SSSR count). The molecule has 1 heterocycles. The predicted octanol–water partition coefficient (Wildman–Crippen LogP) is 2.34. The third-order valence-electron chi connectivity index (χ3n) is 1.82. The van der Waals surface area contributed by atoms with Gasteiger partial charge in [-0.05, 0) is 26.7 Å². The highest BCUT2D eigenvalue weighted by molar-refractivity contribution is 7.19. The minimum absolute atomic E-state index is 0.330. The molecule has 3 N–H and O–H groups in total. The number of ether oxygens (including phenoxy) is 1. The van der Waals surface area contributed by atoms with Crippen molar-refractivity contribution < 1.29 is 4.74 Å². The van der Waals surface area contributed by atoms with E-state index in [1.165, 1.54) is 11.3 Å². The Kier molecular flexibility index (Phi) is 5.42. The van der Waals surface area contributed by atoms with Gasteiger partial charge >= 0.3 is 0 Å². The van der Waals surface area contributed by atoms with Crippen molar-refractivity contribution in [3.05, 3.63) is 6.20 Å². The fourth-order valence-corrected chi connectivity index (χ4v) is 1.72. The van der Waals surface area contributed by atoms with Crippen molar-refractivity contribution in [3.8, 4) is 0 Å². The van der Waals surface area contributed by atoms with Gasteiger partial charge in [-0.25, -0.2) is 4.98 Å². The number of nitrogen functional groups attached to an aromatic ring is 1. The molecule has 0 bridgehead atoms. The molecule has 5 heteroatoms. The van der Waals surface area contributed by atoms with Gasteiger partial charge in [0.05, 0.1) is 12.3 Å². The Labute approximate surface area is 94.8 Å². The Morgan fingerprint density at radius 1 is 1.53 bits per heavy atom. The zero-order valence-electron chi connectivity index (χ0n) is 9.32. The van der Waals surface area contributed by atoms with Crippen LogP contribution >= 0.6 is 11.3 Å². The van der Waals surface area contributed by atoms with E-state index < -0.39 is 0 Å². The first kappa shape index (κ1) is 12.3. The second-order valence-corrected chi connectivity index (χ2v) is 4.68. The highest BCUT2D eigenvalue weighted by Crippen LogP contribution is 2.19. The molecule has 0 atom stereocenters. The maximum Gasteiger partial charge on any atom is 0.184 e. The van der Waals surface area contributed by atoms with E-state index in [0.29, 0.717) is 6.10 Å². The summed E-state index contributed by atoms with van der Waals surface area (Å²) in [6.45, 7) is 5.86. The summed E-state index contributed by atoms with van der Waals surface area (Å²) >= 11 is 1.48. The quantitative estimate of drug-likeness (QED) is 0.705. The summed E-state index contributed by atoms with van der Waals surface area (Å²) in [6, 6.07) is 0. The summed E-state index contributed by atoms with van der Waals surface area (Å²) in [4.78, 5) is 4.11. The lowest BCUT2D eigenvalue weighted by molar-refractivity contribution is 0.0765. The normalized spacial score (nSPS) is 10.9. The maximum absolute atomic E-state index is 5.56. The van der Waals surface area contributed by atoms with Crippen molar-refractivity contribution in [2.45, 2.75) is 32.8 Å². The number of nitrogens with one attached hydrogen (secondary N) is 1. The molecule has 15 heavy (non-hydrogen) atoms. The molecule has 0 unspecified atom stereocenters. The van der Waals surface area contributed by atoms with Gasteiger partial charge in [0.25, 0.3) is 0 Å². The molecule has 1 aromatic heterocycles. The van der Waals surface area contributed by atoms with Crippen molar-refractivity contribution in [2.24, 2.45) is 0 Å². The smallest absolute Gasteiger partial charge is 0.184 e. The van der Waals surface area contributed by atoms with Crippen LogP contribution in [0.25, 0.3) is 0 Å². The Hall–Kier alpha value is -0.810. The fourth-order valence-electron chi connectivity index (χ4n) is 1.11. The molecule has 0 aliphatic heterocycles. The molecule has 0 radical (unpaired) electrons. The standard InChI is InChI=1S/C10H19N3OS/c1-8(2)14-6-4-3-5-12-10-13-7-9(11)15-10/h7-8H,3-6,11H2,1-2H3,(H,12,13). The van der Waals surface area contributed by atoms with E-state index in [4.69, 9.17) is 10.5 Å². The van der Waals surface area contributed by atoms with Crippen LogP contribution in [-0.2, 0) is 4.74 Å². The SMILES string of the molecule is CC(C)OCCCCNc1ncc(N)s1. The van der Waals surface area contributed by atoms with Crippen LogP contribution < -0.4 is 11.1 Å². The molecule has 4 nitrogen and oxygen atoms in total. The molecule has 0 amide bonds. The van der Waals surface area contributed by atoms with Gasteiger partial charge < -0.3 is 15.8 Å². The summed E-state index contributed by atoms with van der Waals surface area (Å²) in [6.07, 6.45) is 4.17. The van der Waals surface area contributed by atoms with Crippen LogP contribution in [0.2, 0.25) is 0 Å². The van der Waals surface area contributed by atoms with Gasteiger partial charge in [-0.15, -0.1) is 0 Å². The minimum Gasteiger partial charge on any atom is -0.389 e. The van der Waals surface area contributed by atoms with E-state index in [9.17, 15) is 0 Å². The second kappa shape index (κ2) is 6.63. The highest BCUT2D eigenvalue weighted by Gasteiger charge is 1.97. The van der Waals surface area contributed by atoms with E-state index in [2.05, 4.69) is 24.1 Å². The van der Waals surface area contributed by atoms with Crippen LogP contribution in [-0.4, -0.2) is 24.2 Å². The number of nitrogens with two attached hydrogens (primary N) is 1. The van der Waals surface area contributed by atoms with Gasteiger partial charge in [0, 0.05) is 13.2 Å². The molecule has 0 aliphatic carbocycles. The molecule has 86 valence electrons. The number of aromatic nitrogens is 1. The molecular formula is C10H19N3OS. The van der Waals surface area contributed by atoms with Crippen LogP contribution in [0.1, 0.15) is 26.7 Å². The fraction of sp³-hybridized carbons (Fsp3) is 0.700. The summed E-state index contributed by atoms with van der Waals surface area (Å²) < 4.78 is 5.44. The van der Waals surface area contributed by atoms with Gasteiger partial charge in [-0.1, -0.05) is 11.3 Å². The van der Waals surface area contributed by atoms with E-state index in [1.54, 1.807) is 6.20 Å². The lowest BCUT2D eigenvalue weighted by atomic mass is 10.3. The topological polar surface area (TPSA) is 60.2 Å². The largest absolute Gasteiger partial charge is 0.389 e. The zero-order chi connectivity index (χ0) is 11.1. The van der Waals surface area contributed by atoms with Crippen molar-refractivity contribution in [1.82, 2.24) is 4.98 Å². The number of nitrogens with zero attached hydrogens (tertiary/aromatic N) is 1. The average Bonchev–Trinajstić information content (AvgIpc) is 2.57. The third kappa shape index (κ3) is 5.59.